The minimum absolute atomic E-state index is 0.290. The number of nitrogens with one attached hydrogen (secondary N) is 1. The van der Waals surface area contributed by atoms with Gasteiger partial charge in [-0.05, 0) is 13.8 Å². The van der Waals surface area contributed by atoms with Crippen LogP contribution in [0, 0.1) is 0 Å². The molecule has 1 aliphatic heterocycles. The van der Waals surface area contributed by atoms with Crippen LogP contribution in [-0.2, 0) is 11.3 Å². The van der Waals surface area contributed by atoms with Crippen molar-refractivity contribution in [3.8, 4) is 0 Å². The number of amides is 1. The average molecular weight is 322 g/mol. The Bertz CT molecular complexity index is 531. The topological polar surface area (TPSA) is 105 Å². The van der Waals surface area contributed by atoms with Crippen molar-refractivity contribution < 1.29 is 4.79 Å². The van der Waals surface area contributed by atoms with Crippen LogP contribution in [0.5, 0.6) is 0 Å². The molecule has 2 heterocycles. The molecule has 2 rings (SSSR count). The van der Waals surface area contributed by atoms with Crippen molar-refractivity contribution in [3.63, 3.8) is 0 Å². The van der Waals surface area contributed by atoms with Crippen molar-refractivity contribution in [2.45, 2.75) is 25.9 Å². The Morgan fingerprint density at radius 1 is 1.35 bits per heavy atom. The first-order valence-electron chi connectivity index (χ1n) is 7.78. The molecule has 0 spiro atoms. The van der Waals surface area contributed by atoms with Gasteiger partial charge in [0.1, 0.15) is 12.7 Å². The summed E-state index contributed by atoms with van der Waals surface area (Å²) in [5.41, 5.74) is 4.88. The second-order valence-electron chi connectivity index (χ2n) is 6.03. The molecular weight excluding hydrogens is 296 g/mol. The SMILES string of the molecule is CN=C(NCCn1cncn1)N1CCN(C(C)(C)C(N)=O)CC1. The highest BCUT2D eigenvalue weighted by molar-refractivity contribution is 5.84. The maximum absolute atomic E-state index is 11.6. The molecule has 1 fully saturated rings. The van der Waals surface area contributed by atoms with Gasteiger partial charge in [0.25, 0.3) is 0 Å². The summed E-state index contributed by atoms with van der Waals surface area (Å²) in [6.45, 7) is 8.36. The van der Waals surface area contributed by atoms with Crippen molar-refractivity contribution in [2.24, 2.45) is 10.7 Å². The highest BCUT2D eigenvalue weighted by Crippen LogP contribution is 2.16. The van der Waals surface area contributed by atoms with Crippen LogP contribution in [0.4, 0.5) is 0 Å². The molecule has 0 aliphatic carbocycles. The fourth-order valence-corrected chi connectivity index (χ4v) is 2.60. The summed E-state index contributed by atoms with van der Waals surface area (Å²) in [6.07, 6.45) is 3.21. The second-order valence-corrected chi connectivity index (χ2v) is 6.03. The Morgan fingerprint density at radius 2 is 2.04 bits per heavy atom. The van der Waals surface area contributed by atoms with E-state index in [1.54, 1.807) is 18.1 Å². The summed E-state index contributed by atoms with van der Waals surface area (Å²) < 4.78 is 1.77. The molecule has 23 heavy (non-hydrogen) atoms. The minimum Gasteiger partial charge on any atom is -0.368 e. The fourth-order valence-electron chi connectivity index (χ4n) is 2.60. The third-order valence-corrected chi connectivity index (χ3v) is 4.28. The summed E-state index contributed by atoms with van der Waals surface area (Å²) in [4.78, 5) is 24.1. The average Bonchev–Trinajstić information content (AvgIpc) is 3.05. The maximum atomic E-state index is 11.6. The first-order chi connectivity index (χ1) is 10.9. The van der Waals surface area contributed by atoms with Gasteiger partial charge in [-0.2, -0.15) is 5.10 Å². The minimum atomic E-state index is -0.615. The zero-order valence-corrected chi connectivity index (χ0v) is 14.1. The first kappa shape index (κ1) is 17.2. The van der Waals surface area contributed by atoms with E-state index in [2.05, 4.69) is 30.2 Å². The number of hydrogen-bond acceptors (Lipinski definition) is 5. The van der Waals surface area contributed by atoms with Crippen molar-refractivity contribution >= 4 is 11.9 Å². The lowest BCUT2D eigenvalue weighted by molar-refractivity contribution is -0.129. The molecule has 1 saturated heterocycles. The highest BCUT2D eigenvalue weighted by atomic mass is 16.1. The third-order valence-electron chi connectivity index (χ3n) is 4.28. The van der Waals surface area contributed by atoms with Crippen LogP contribution in [0.25, 0.3) is 0 Å². The molecule has 9 nitrogen and oxygen atoms in total. The van der Waals surface area contributed by atoms with Crippen molar-refractivity contribution in [1.82, 2.24) is 29.9 Å². The Kier molecular flexibility index (Phi) is 5.54. The van der Waals surface area contributed by atoms with Crippen LogP contribution in [0.1, 0.15) is 13.8 Å². The van der Waals surface area contributed by atoms with E-state index in [0.29, 0.717) is 0 Å². The monoisotopic (exact) mass is 322 g/mol. The quantitative estimate of drug-likeness (QED) is 0.518. The largest absolute Gasteiger partial charge is 0.368 e. The van der Waals surface area contributed by atoms with Gasteiger partial charge in [0.2, 0.25) is 5.91 Å². The number of aromatic nitrogens is 3. The van der Waals surface area contributed by atoms with Crippen LogP contribution in [0.2, 0.25) is 0 Å². The summed E-state index contributed by atoms with van der Waals surface area (Å²) in [5.74, 6) is 0.572. The molecule has 9 heteroatoms. The normalized spacial score (nSPS) is 17.3. The van der Waals surface area contributed by atoms with E-state index in [9.17, 15) is 4.79 Å². The molecule has 128 valence electrons. The molecular formula is C14H26N8O. The van der Waals surface area contributed by atoms with E-state index < -0.39 is 5.54 Å². The number of piperazine rings is 1. The van der Waals surface area contributed by atoms with E-state index in [1.165, 1.54) is 6.33 Å². The number of carbonyl (C=O) groups is 1. The molecule has 1 aromatic heterocycles. The summed E-state index contributed by atoms with van der Waals surface area (Å²) >= 11 is 0. The Hall–Kier alpha value is -2.16. The fraction of sp³-hybridized carbons (Fsp3) is 0.714. The smallest absolute Gasteiger partial charge is 0.237 e. The summed E-state index contributed by atoms with van der Waals surface area (Å²) in [5, 5.41) is 7.40. The van der Waals surface area contributed by atoms with Crippen molar-refractivity contribution in [3.05, 3.63) is 12.7 Å². The number of guanidine groups is 1. The van der Waals surface area contributed by atoms with E-state index in [1.807, 2.05) is 13.8 Å². The third kappa shape index (κ3) is 4.19. The van der Waals surface area contributed by atoms with Crippen LogP contribution < -0.4 is 11.1 Å². The van der Waals surface area contributed by atoms with E-state index in [4.69, 9.17) is 5.73 Å². The van der Waals surface area contributed by atoms with Crippen LogP contribution in [0.3, 0.4) is 0 Å². The van der Waals surface area contributed by atoms with E-state index in [0.717, 1.165) is 45.2 Å². The summed E-state index contributed by atoms with van der Waals surface area (Å²) in [7, 11) is 1.78. The molecule has 0 unspecified atom stereocenters. The second kappa shape index (κ2) is 7.40. The molecule has 3 N–H and O–H groups in total. The number of rotatable bonds is 5. The number of carbonyl (C=O) groups excluding carboxylic acids is 1. The van der Waals surface area contributed by atoms with Crippen LogP contribution in [-0.4, -0.2) is 81.7 Å². The van der Waals surface area contributed by atoms with Crippen LogP contribution >= 0.6 is 0 Å². The zero-order chi connectivity index (χ0) is 16.9. The van der Waals surface area contributed by atoms with E-state index >= 15 is 0 Å². The molecule has 0 radical (unpaired) electrons. The predicted octanol–water partition coefficient (Wildman–Crippen LogP) is -1.26. The van der Waals surface area contributed by atoms with Gasteiger partial charge in [0.05, 0.1) is 12.1 Å². The van der Waals surface area contributed by atoms with Crippen molar-refractivity contribution in [2.75, 3.05) is 39.8 Å². The van der Waals surface area contributed by atoms with Crippen molar-refractivity contribution in [1.29, 1.82) is 0 Å². The lowest BCUT2D eigenvalue weighted by atomic mass is 10.0. The molecule has 1 amide bonds. The van der Waals surface area contributed by atoms with Gasteiger partial charge in [-0.3, -0.25) is 19.4 Å². The van der Waals surface area contributed by atoms with Gasteiger partial charge in [-0.15, -0.1) is 0 Å². The number of nitrogens with zero attached hydrogens (tertiary/aromatic N) is 6. The number of hydrogen-bond donors (Lipinski definition) is 2. The zero-order valence-electron chi connectivity index (χ0n) is 14.1. The molecule has 0 saturated carbocycles. The van der Waals surface area contributed by atoms with Gasteiger partial charge in [-0.25, -0.2) is 4.98 Å². The van der Waals surface area contributed by atoms with Gasteiger partial charge in [-0.1, -0.05) is 0 Å². The van der Waals surface area contributed by atoms with Gasteiger partial charge in [0, 0.05) is 39.8 Å². The molecule has 0 bridgehead atoms. The number of primary amides is 1. The maximum Gasteiger partial charge on any atom is 0.237 e. The van der Waals surface area contributed by atoms with Crippen LogP contribution in [0.15, 0.2) is 17.6 Å². The number of nitrogens with two attached hydrogens (primary N) is 1. The number of aliphatic imine (C=N–C) groups is 1. The Balaban J connectivity index is 1.81. The molecule has 0 atom stereocenters. The lowest BCUT2D eigenvalue weighted by Crippen LogP contribution is -2.61. The lowest BCUT2D eigenvalue weighted by Gasteiger charge is -2.43. The summed E-state index contributed by atoms with van der Waals surface area (Å²) in [6, 6.07) is 0. The molecule has 0 aromatic carbocycles. The molecule has 1 aliphatic rings. The van der Waals surface area contributed by atoms with Gasteiger partial charge >= 0.3 is 0 Å². The molecule has 1 aromatic rings. The van der Waals surface area contributed by atoms with E-state index in [-0.39, 0.29) is 5.91 Å². The van der Waals surface area contributed by atoms with Gasteiger partial charge in [0.15, 0.2) is 5.96 Å². The highest BCUT2D eigenvalue weighted by Gasteiger charge is 2.35. The predicted molar refractivity (Wildman–Crippen MR) is 87.8 cm³/mol. The Labute approximate surface area is 136 Å². The Morgan fingerprint density at radius 3 is 2.57 bits per heavy atom. The van der Waals surface area contributed by atoms with Gasteiger partial charge < -0.3 is 16.0 Å². The first-order valence-corrected chi connectivity index (χ1v) is 7.78. The standard InChI is InChI=1S/C14H26N8O/c1-14(2,12(15)23)21-8-6-20(7-9-21)13(16-3)18-4-5-22-11-17-10-19-22/h10-11H,4-9H2,1-3H3,(H2,15,23)(H,16,18).